The molecule has 6 nitrogen and oxygen atoms in total. The Morgan fingerprint density at radius 3 is 1.90 bits per heavy atom. The third-order valence-electron chi connectivity index (χ3n) is 14.7. The fourth-order valence-corrected chi connectivity index (χ4v) is 11.7. The number of fused-ring (bicyclic) bond motifs is 8. The quantitative estimate of drug-likeness (QED) is 0.128. The SMILES string of the molecule is CC(C)c1cc([Si](C)(C)C)cc(C(C)C)c1-n1c(-c2cc(C(C)(C)C)cc(C(C)(C)C)c2O)nc2c(-c3[c-]c(-c4nccc5c4nc4n5-c5ccccc5C4)cc(C(C)(C)C)c3)cc3ccccc3c21.[Pt]. The molecule has 1 N–H and O–H groups in total. The summed E-state index contributed by atoms with van der Waals surface area (Å²) in [6.07, 6.45) is 2.70. The molecule has 9 aromatic rings. The number of aromatic nitrogens is 5. The zero-order chi connectivity index (χ0) is 50.1. The molecule has 4 heterocycles. The third kappa shape index (κ3) is 8.63. The largest absolute Gasteiger partial charge is 0.507 e. The molecule has 3 aromatic heterocycles. The van der Waals surface area contributed by atoms with E-state index in [-0.39, 0.29) is 54.9 Å². The van der Waals surface area contributed by atoms with E-state index in [0.717, 1.165) is 95.7 Å². The number of hydrogen-bond acceptors (Lipinski definition) is 4. The van der Waals surface area contributed by atoms with Gasteiger partial charge in [-0.1, -0.05) is 193 Å². The van der Waals surface area contributed by atoms with Gasteiger partial charge in [-0.05, 0) is 73.9 Å². The number of pyridine rings is 1. The normalized spacial score (nSPS) is 13.2. The Hall–Kier alpha value is -5.62. The van der Waals surface area contributed by atoms with Crippen LogP contribution in [0.15, 0.2) is 103 Å². The number of imidazole rings is 2. The van der Waals surface area contributed by atoms with Crippen LogP contribution in [0.5, 0.6) is 5.75 Å². The number of nitrogens with zero attached hydrogens (tertiary/aromatic N) is 5. The number of para-hydroxylation sites is 1. The van der Waals surface area contributed by atoms with Crippen molar-refractivity contribution in [1.82, 2.24) is 24.1 Å². The molecule has 0 radical (unpaired) electrons. The van der Waals surface area contributed by atoms with Gasteiger partial charge in [0.25, 0.3) is 0 Å². The van der Waals surface area contributed by atoms with Gasteiger partial charge in [-0.2, -0.15) is 0 Å². The monoisotopic (exact) mass is 1140 g/mol. The summed E-state index contributed by atoms with van der Waals surface area (Å²) in [5.41, 5.74) is 16.9. The fourth-order valence-electron chi connectivity index (χ4n) is 10.5. The van der Waals surface area contributed by atoms with Gasteiger partial charge in [0.05, 0.1) is 47.1 Å². The molecule has 368 valence electrons. The van der Waals surface area contributed by atoms with Crippen molar-refractivity contribution in [2.24, 2.45) is 0 Å². The van der Waals surface area contributed by atoms with E-state index in [1.807, 2.05) is 6.20 Å². The van der Waals surface area contributed by atoms with Gasteiger partial charge < -0.3 is 5.11 Å². The van der Waals surface area contributed by atoms with Gasteiger partial charge >= 0.3 is 0 Å². The van der Waals surface area contributed by atoms with E-state index in [2.05, 4.69) is 222 Å². The van der Waals surface area contributed by atoms with Crippen LogP contribution >= 0.6 is 0 Å². The molecular weight excluding hydrogens is 1070 g/mol. The standard InChI is InChI=1S/C63H70N5OSi.Pt/c1-36(2)46-34-44(70(14,15)16)35-47(37(3)4)57(46)68-58-45-23-19-17-21-38(45)30-48(55(58)66-60(68)49-32-43(62(8,9)10)33-50(59(49)69)63(11,12)13)40-27-41(29-42(28-40)61(5,6)7)54-56-52(25-26-64-54)67-51-24-20-18-22-39(51)31-53(67)65-56;/h17-26,28-30,32-37,69H,31H2,1-16H3;/q-1;. The first-order chi connectivity index (χ1) is 32.8. The zero-order valence-electron chi connectivity index (χ0n) is 44.7. The zero-order valence-corrected chi connectivity index (χ0v) is 47.9. The molecule has 0 aliphatic carbocycles. The van der Waals surface area contributed by atoms with E-state index in [1.165, 1.54) is 33.1 Å². The predicted molar refractivity (Wildman–Crippen MR) is 298 cm³/mol. The Kier molecular flexibility index (Phi) is 12.4. The minimum atomic E-state index is -1.76. The maximum absolute atomic E-state index is 12.9. The summed E-state index contributed by atoms with van der Waals surface area (Å²) in [7, 11) is -1.76. The molecule has 8 heteroatoms. The average molecular weight is 1140 g/mol. The summed E-state index contributed by atoms with van der Waals surface area (Å²) in [5, 5.41) is 16.5. The molecule has 0 atom stereocenters. The Balaban J connectivity index is 0.00000624. The third-order valence-corrected chi connectivity index (χ3v) is 16.7. The molecule has 10 rings (SSSR count). The second-order valence-electron chi connectivity index (χ2n) is 24.7. The fraction of sp³-hybridized carbons (Fsp3) is 0.349. The molecule has 0 bridgehead atoms. The number of rotatable bonds is 7. The smallest absolute Gasteiger partial charge is 0.148 e. The van der Waals surface area contributed by atoms with Crippen LogP contribution in [0.25, 0.3) is 78.0 Å². The topological polar surface area (TPSA) is 68.8 Å². The number of benzene rings is 6. The summed E-state index contributed by atoms with van der Waals surface area (Å²) in [6.45, 7) is 36.8. The van der Waals surface area contributed by atoms with Crippen molar-refractivity contribution in [3.63, 3.8) is 0 Å². The van der Waals surface area contributed by atoms with Crippen molar-refractivity contribution in [2.45, 2.75) is 144 Å². The first-order valence-corrected chi connectivity index (χ1v) is 28.9. The van der Waals surface area contributed by atoms with Gasteiger partial charge in [0, 0.05) is 50.3 Å². The van der Waals surface area contributed by atoms with Crippen molar-refractivity contribution in [1.29, 1.82) is 0 Å². The Bertz CT molecular complexity index is 3550. The molecule has 0 saturated carbocycles. The van der Waals surface area contributed by atoms with Gasteiger partial charge in [-0.15, -0.1) is 29.3 Å². The molecule has 1 aliphatic rings. The second kappa shape index (κ2) is 17.6. The summed E-state index contributed by atoms with van der Waals surface area (Å²) in [4.78, 5) is 16.3. The van der Waals surface area contributed by atoms with Gasteiger partial charge in [0.1, 0.15) is 17.4 Å². The minimum absolute atomic E-state index is 0. The molecule has 71 heavy (non-hydrogen) atoms. The van der Waals surface area contributed by atoms with Gasteiger partial charge in [-0.25, -0.2) is 9.97 Å². The molecule has 0 fully saturated rings. The average Bonchev–Trinajstić information content (AvgIpc) is 3.97. The maximum Gasteiger partial charge on any atom is 0.148 e. The van der Waals surface area contributed by atoms with E-state index < -0.39 is 8.07 Å². The van der Waals surface area contributed by atoms with Crippen molar-refractivity contribution in [2.75, 3.05) is 0 Å². The number of phenols is 1. The number of hydrogen-bond donors (Lipinski definition) is 1. The van der Waals surface area contributed by atoms with E-state index in [9.17, 15) is 5.11 Å². The second-order valence-corrected chi connectivity index (χ2v) is 29.8. The molecule has 0 saturated heterocycles. The molecular formula is C63H70N5OPtSi-. The maximum atomic E-state index is 12.9. The summed E-state index contributed by atoms with van der Waals surface area (Å²) >= 11 is 0. The van der Waals surface area contributed by atoms with Crippen LogP contribution in [0.4, 0.5) is 0 Å². The minimum Gasteiger partial charge on any atom is -0.507 e. The van der Waals surface area contributed by atoms with Crippen LogP contribution in [0, 0.1) is 6.07 Å². The van der Waals surface area contributed by atoms with E-state index in [4.69, 9.17) is 15.0 Å². The molecule has 0 amide bonds. The number of aromatic hydroxyl groups is 1. The Morgan fingerprint density at radius 2 is 1.27 bits per heavy atom. The van der Waals surface area contributed by atoms with Crippen LogP contribution in [0.3, 0.4) is 0 Å². The van der Waals surface area contributed by atoms with Crippen molar-refractivity contribution >= 4 is 46.1 Å². The van der Waals surface area contributed by atoms with E-state index >= 15 is 0 Å². The van der Waals surface area contributed by atoms with Crippen molar-refractivity contribution in [3.8, 4) is 50.9 Å². The van der Waals surface area contributed by atoms with Crippen LogP contribution < -0.4 is 5.19 Å². The van der Waals surface area contributed by atoms with Gasteiger partial charge in [-0.3, -0.25) is 14.1 Å². The first kappa shape index (κ1) is 50.3. The predicted octanol–water partition coefficient (Wildman–Crippen LogP) is 16.0. The Morgan fingerprint density at radius 1 is 0.648 bits per heavy atom. The number of phenolic OH excluding ortho intramolecular Hbond substituents is 1. The molecule has 1 aliphatic heterocycles. The van der Waals surface area contributed by atoms with E-state index in [1.54, 1.807) is 0 Å². The Labute approximate surface area is 437 Å². The summed E-state index contributed by atoms with van der Waals surface area (Å²) < 4.78 is 4.75. The molecule has 0 unspecified atom stereocenters. The van der Waals surface area contributed by atoms with Crippen LogP contribution in [-0.2, 0) is 43.7 Å². The van der Waals surface area contributed by atoms with Crippen LogP contribution in [0.2, 0.25) is 19.6 Å². The van der Waals surface area contributed by atoms with Gasteiger partial charge in [0.15, 0.2) is 0 Å². The molecule has 0 spiro atoms. The molecule has 6 aromatic carbocycles. The van der Waals surface area contributed by atoms with E-state index in [0.29, 0.717) is 0 Å². The van der Waals surface area contributed by atoms with Crippen LogP contribution in [-0.4, -0.2) is 37.3 Å². The van der Waals surface area contributed by atoms with Gasteiger partial charge in [0.2, 0.25) is 0 Å². The van der Waals surface area contributed by atoms with Crippen molar-refractivity contribution in [3.05, 3.63) is 149 Å². The van der Waals surface area contributed by atoms with Crippen LogP contribution in [0.1, 0.15) is 141 Å². The van der Waals surface area contributed by atoms with Crippen molar-refractivity contribution < 1.29 is 26.2 Å². The summed E-state index contributed by atoms with van der Waals surface area (Å²) in [6, 6.07) is 39.7. The first-order valence-electron chi connectivity index (χ1n) is 25.4. The summed E-state index contributed by atoms with van der Waals surface area (Å²) in [5.74, 6) is 2.44.